The molecular formula is C13H12NO2+. The molecule has 1 aromatic carbocycles. The Balaban J connectivity index is 1.86. The molecule has 1 aliphatic rings. The zero-order valence-corrected chi connectivity index (χ0v) is 8.80. The summed E-state index contributed by atoms with van der Waals surface area (Å²) in [5.74, 6) is 1.68. The summed E-state index contributed by atoms with van der Waals surface area (Å²) in [6.45, 7) is 1.18. The molecule has 3 heteroatoms. The molecule has 2 aromatic rings. The molecule has 1 aromatic heterocycles. The molecule has 0 bridgehead atoms. The third kappa shape index (κ3) is 1.72. The van der Waals surface area contributed by atoms with E-state index in [1.807, 2.05) is 42.7 Å². The summed E-state index contributed by atoms with van der Waals surface area (Å²) >= 11 is 0. The Bertz CT molecular complexity index is 497. The van der Waals surface area contributed by atoms with Gasteiger partial charge in [-0.3, -0.25) is 0 Å². The molecule has 0 spiro atoms. The van der Waals surface area contributed by atoms with Crippen LogP contribution in [-0.4, -0.2) is 6.79 Å². The summed E-state index contributed by atoms with van der Waals surface area (Å²) in [4.78, 5) is 0. The predicted octanol–water partition coefficient (Wildman–Crippen LogP) is 1.75. The van der Waals surface area contributed by atoms with Gasteiger partial charge < -0.3 is 9.47 Å². The van der Waals surface area contributed by atoms with E-state index < -0.39 is 0 Å². The smallest absolute Gasteiger partial charge is 0.231 e. The van der Waals surface area contributed by atoms with E-state index in [0.29, 0.717) is 6.79 Å². The summed E-state index contributed by atoms with van der Waals surface area (Å²) in [5.41, 5.74) is 1.21. The number of pyridine rings is 1. The summed E-state index contributed by atoms with van der Waals surface area (Å²) in [5, 5.41) is 0. The Hall–Kier alpha value is -2.03. The number of hydrogen-bond donors (Lipinski definition) is 0. The lowest BCUT2D eigenvalue weighted by Crippen LogP contribution is -2.32. The van der Waals surface area contributed by atoms with E-state index in [1.54, 1.807) is 0 Å². The minimum absolute atomic E-state index is 0.331. The largest absolute Gasteiger partial charge is 0.454 e. The van der Waals surface area contributed by atoms with Crippen molar-refractivity contribution in [1.29, 1.82) is 0 Å². The Kier molecular flexibility index (Phi) is 2.22. The molecule has 0 unspecified atom stereocenters. The molecule has 0 amide bonds. The molecule has 0 radical (unpaired) electrons. The Morgan fingerprint density at radius 2 is 1.81 bits per heavy atom. The predicted molar refractivity (Wildman–Crippen MR) is 58.3 cm³/mol. The average molecular weight is 214 g/mol. The SMILES string of the molecule is c1cc[n+](Cc2ccc3c(c2)OCO3)cc1. The molecule has 0 saturated heterocycles. The van der Waals surface area contributed by atoms with Crippen molar-refractivity contribution in [1.82, 2.24) is 0 Å². The molecule has 3 rings (SSSR count). The molecule has 0 N–H and O–H groups in total. The van der Waals surface area contributed by atoms with Gasteiger partial charge in [0.05, 0.1) is 0 Å². The van der Waals surface area contributed by atoms with E-state index in [9.17, 15) is 0 Å². The Labute approximate surface area is 93.9 Å². The van der Waals surface area contributed by atoms with Gasteiger partial charge in [-0.15, -0.1) is 0 Å². The van der Waals surface area contributed by atoms with E-state index in [1.165, 1.54) is 5.56 Å². The van der Waals surface area contributed by atoms with Gasteiger partial charge in [0, 0.05) is 17.7 Å². The second kappa shape index (κ2) is 3.85. The van der Waals surface area contributed by atoms with Crippen LogP contribution in [0.2, 0.25) is 0 Å². The van der Waals surface area contributed by atoms with Crippen LogP contribution in [0.3, 0.4) is 0 Å². The molecule has 16 heavy (non-hydrogen) atoms. The number of benzene rings is 1. The van der Waals surface area contributed by atoms with Crippen LogP contribution >= 0.6 is 0 Å². The maximum atomic E-state index is 5.35. The topological polar surface area (TPSA) is 22.3 Å². The molecule has 1 aliphatic heterocycles. The molecule has 0 saturated carbocycles. The maximum Gasteiger partial charge on any atom is 0.231 e. The molecule has 0 atom stereocenters. The van der Waals surface area contributed by atoms with E-state index in [-0.39, 0.29) is 0 Å². The van der Waals surface area contributed by atoms with Crippen molar-refractivity contribution >= 4 is 0 Å². The minimum atomic E-state index is 0.331. The van der Waals surface area contributed by atoms with Gasteiger partial charge in [0.15, 0.2) is 30.4 Å². The molecule has 2 heterocycles. The number of ether oxygens (including phenoxy) is 2. The van der Waals surface area contributed by atoms with Crippen LogP contribution in [0.5, 0.6) is 11.5 Å². The first kappa shape index (κ1) is 9.21. The second-order valence-electron chi connectivity index (χ2n) is 3.74. The third-order valence-corrected chi connectivity index (χ3v) is 2.58. The fraction of sp³-hybridized carbons (Fsp3) is 0.154. The van der Waals surface area contributed by atoms with Crippen molar-refractivity contribution in [3.63, 3.8) is 0 Å². The highest BCUT2D eigenvalue weighted by Crippen LogP contribution is 2.32. The van der Waals surface area contributed by atoms with Crippen molar-refractivity contribution in [2.45, 2.75) is 6.54 Å². The molecular weight excluding hydrogens is 202 g/mol. The minimum Gasteiger partial charge on any atom is -0.454 e. The van der Waals surface area contributed by atoms with Gasteiger partial charge in [0.1, 0.15) is 0 Å². The molecule has 3 nitrogen and oxygen atoms in total. The lowest BCUT2D eigenvalue weighted by Gasteiger charge is -1.99. The molecule has 80 valence electrons. The first-order valence-corrected chi connectivity index (χ1v) is 5.24. The van der Waals surface area contributed by atoms with Crippen LogP contribution in [0.15, 0.2) is 48.8 Å². The van der Waals surface area contributed by atoms with Crippen LogP contribution in [-0.2, 0) is 6.54 Å². The highest BCUT2D eigenvalue weighted by molar-refractivity contribution is 5.44. The van der Waals surface area contributed by atoms with Gasteiger partial charge in [0.2, 0.25) is 6.79 Å². The Morgan fingerprint density at radius 3 is 2.69 bits per heavy atom. The first-order chi connectivity index (χ1) is 7.92. The number of nitrogens with zero attached hydrogens (tertiary/aromatic N) is 1. The maximum absolute atomic E-state index is 5.35. The lowest BCUT2D eigenvalue weighted by atomic mass is 10.2. The monoisotopic (exact) mass is 214 g/mol. The average Bonchev–Trinajstić information content (AvgIpc) is 2.77. The van der Waals surface area contributed by atoms with Gasteiger partial charge in [0.25, 0.3) is 0 Å². The Morgan fingerprint density at radius 1 is 1.00 bits per heavy atom. The lowest BCUT2D eigenvalue weighted by molar-refractivity contribution is -0.688. The standard InChI is InChI=1S/C13H12NO2/c1-2-6-14(7-3-1)9-11-4-5-12-13(8-11)16-10-15-12/h1-8H,9-10H2/q+1. The van der Waals surface area contributed by atoms with E-state index in [4.69, 9.17) is 9.47 Å². The van der Waals surface area contributed by atoms with Crippen molar-refractivity contribution in [2.24, 2.45) is 0 Å². The highest BCUT2D eigenvalue weighted by Gasteiger charge is 2.14. The van der Waals surface area contributed by atoms with Gasteiger partial charge in [-0.25, -0.2) is 4.57 Å². The number of hydrogen-bond acceptors (Lipinski definition) is 2. The van der Waals surface area contributed by atoms with Crippen LogP contribution in [0.4, 0.5) is 0 Å². The number of aromatic nitrogens is 1. The van der Waals surface area contributed by atoms with Gasteiger partial charge >= 0.3 is 0 Å². The van der Waals surface area contributed by atoms with Gasteiger partial charge in [-0.05, 0) is 18.2 Å². The van der Waals surface area contributed by atoms with Crippen molar-refractivity contribution in [3.05, 3.63) is 54.4 Å². The van der Waals surface area contributed by atoms with Crippen molar-refractivity contribution < 1.29 is 14.0 Å². The fourth-order valence-corrected chi connectivity index (χ4v) is 1.79. The molecule has 0 fully saturated rings. The number of rotatable bonds is 2. The van der Waals surface area contributed by atoms with Crippen LogP contribution in [0, 0.1) is 0 Å². The van der Waals surface area contributed by atoms with Crippen LogP contribution in [0.25, 0.3) is 0 Å². The molecule has 0 aliphatic carbocycles. The first-order valence-electron chi connectivity index (χ1n) is 5.24. The van der Waals surface area contributed by atoms with Gasteiger partial charge in [-0.2, -0.15) is 0 Å². The summed E-state index contributed by atoms with van der Waals surface area (Å²) in [6, 6.07) is 12.1. The van der Waals surface area contributed by atoms with E-state index in [2.05, 4.69) is 10.6 Å². The number of fused-ring (bicyclic) bond motifs is 1. The summed E-state index contributed by atoms with van der Waals surface area (Å²) in [6.07, 6.45) is 4.09. The normalized spacial score (nSPS) is 12.8. The zero-order valence-electron chi connectivity index (χ0n) is 8.80. The van der Waals surface area contributed by atoms with E-state index in [0.717, 1.165) is 18.0 Å². The summed E-state index contributed by atoms with van der Waals surface area (Å²) < 4.78 is 12.7. The van der Waals surface area contributed by atoms with Gasteiger partial charge in [-0.1, -0.05) is 6.07 Å². The van der Waals surface area contributed by atoms with Crippen molar-refractivity contribution in [3.8, 4) is 11.5 Å². The highest BCUT2D eigenvalue weighted by atomic mass is 16.7. The van der Waals surface area contributed by atoms with Crippen LogP contribution in [0.1, 0.15) is 5.56 Å². The van der Waals surface area contributed by atoms with E-state index >= 15 is 0 Å². The third-order valence-electron chi connectivity index (χ3n) is 2.58. The fourth-order valence-electron chi connectivity index (χ4n) is 1.79. The zero-order chi connectivity index (χ0) is 10.8. The van der Waals surface area contributed by atoms with Crippen molar-refractivity contribution in [2.75, 3.05) is 6.79 Å². The second-order valence-corrected chi connectivity index (χ2v) is 3.74. The summed E-state index contributed by atoms with van der Waals surface area (Å²) in [7, 11) is 0. The van der Waals surface area contributed by atoms with Crippen LogP contribution < -0.4 is 14.0 Å². The quantitative estimate of drug-likeness (QED) is 0.711.